The van der Waals surface area contributed by atoms with Gasteiger partial charge in [0.25, 0.3) is 0 Å². The van der Waals surface area contributed by atoms with Crippen LogP contribution in [0.3, 0.4) is 0 Å². The summed E-state index contributed by atoms with van der Waals surface area (Å²) in [5.41, 5.74) is -0.329. The van der Waals surface area contributed by atoms with Crippen LogP contribution in [-0.4, -0.2) is 61.3 Å². The van der Waals surface area contributed by atoms with E-state index in [0.717, 1.165) is 18.3 Å². The Morgan fingerprint density at radius 3 is 2.50 bits per heavy atom. The zero-order valence-electron chi connectivity index (χ0n) is 20.9. The van der Waals surface area contributed by atoms with Gasteiger partial charge in [0.2, 0.25) is 0 Å². The molecule has 192 valence electrons. The number of pyridine rings is 1. The number of aromatic nitrogens is 4. The van der Waals surface area contributed by atoms with Crippen LogP contribution in [0, 0.1) is 0 Å². The zero-order chi connectivity index (χ0) is 26.4. The predicted molar refractivity (Wildman–Crippen MR) is 131 cm³/mol. The molecule has 8 nitrogen and oxygen atoms in total. The molecular formula is C25H29F3N6O2. The maximum Gasteiger partial charge on any atom is 0.416 e. The molecule has 0 saturated carbocycles. The van der Waals surface area contributed by atoms with Gasteiger partial charge in [0.15, 0.2) is 5.65 Å². The van der Waals surface area contributed by atoms with Crippen LogP contribution in [0.5, 0.6) is 0 Å². The molecule has 0 unspecified atom stereocenters. The van der Waals surface area contributed by atoms with Crippen molar-refractivity contribution in [1.29, 1.82) is 0 Å². The smallest absolute Gasteiger partial charge is 0.416 e. The quantitative estimate of drug-likeness (QED) is 0.483. The summed E-state index contributed by atoms with van der Waals surface area (Å²) in [5, 5.41) is 0.650. The fourth-order valence-corrected chi connectivity index (χ4v) is 4.34. The molecule has 0 aromatic carbocycles. The number of fused-ring (bicyclic) bond motifs is 1. The number of anilines is 1. The van der Waals surface area contributed by atoms with Gasteiger partial charge in [-0.2, -0.15) is 13.2 Å². The lowest BCUT2D eigenvalue weighted by molar-refractivity contribution is -0.137. The minimum atomic E-state index is -4.50. The van der Waals surface area contributed by atoms with Gasteiger partial charge in [0, 0.05) is 43.1 Å². The van der Waals surface area contributed by atoms with Gasteiger partial charge in [0.05, 0.1) is 10.9 Å². The summed E-state index contributed by atoms with van der Waals surface area (Å²) in [5.74, 6) is 0.701. The molecule has 0 N–H and O–H groups in total. The average molecular weight is 503 g/mol. The van der Waals surface area contributed by atoms with E-state index in [4.69, 9.17) is 4.74 Å². The van der Waals surface area contributed by atoms with E-state index in [2.05, 4.69) is 26.4 Å². The Balaban J connectivity index is 1.74. The van der Waals surface area contributed by atoms with E-state index in [9.17, 15) is 18.0 Å². The van der Waals surface area contributed by atoms with Crippen LogP contribution in [0.2, 0.25) is 0 Å². The average Bonchev–Trinajstić information content (AvgIpc) is 3.18. The molecule has 1 saturated heterocycles. The molecular weight excluding hydrogens is 473 g/mol. The van der Waals surface area contributed by atoms with Crippen molar-refractivity contribution in [3.63, 3.8) is 0 Å². The largest absolute Gasteiger partial charge is 0.444 e. The molecule has 0 radical (unpaired) electrons. The van der Waals surface area contributed by atoms with Crippen molar-refractivity contribution in [2.75, 3.05) is 18.0 Å². The van der Waals surface area contributed by atoms with Gasteiger partial charge < -0.3 is 14.5 Å². The Kier molecular flexibility index (Phi) is 6.44. The fraction of sp³-hybridized carbons (Fsp3) is 0.440. The van der Waals surface area contributed by atoms with Gasteiger partial charge in [-0.25, -0.2) is 19.7 Å². The molecule has 1 amide bonds. The van der Waals surface area contributed by atoms with Crippen LogP contribution in [0.25, 0.3) is 22.9 Å². The van der Waals surface area contributed by atoms with Crippen molar-refractivity contribution >= 4 is 29.0 Å². The fourth-order valence-electron chi connectivity index (χ4n) is 4.34. The van der Waals surface area contributed by atoms with Crippen molar-refractivity contribution in [2.45, 2.75) is 58.5 Å². The highest BCUT2D eigenvalue weighted by Gasteiger charge is 2.36. The van der Waals surface area contributed by atoms with Gasteiger partial charge >= 0.3 is 12.3 Å². The lowest BCUT2D eigenvalue weighted by Gasteiger charge is -2.44. The van der Waals surface area contributed by atoms with Gasteiger partial charge in [-0.1, -0.05) is 12.7 Å². The molecule has 1 fully saturated rings. The van der Waals surface area contributed by atoms with E-state index in [1.54, 1.807) is 17.2 Å². The van der Waals surface area contributed by atoms with E-state index < -0.39 is 17.3 Å². The number of piperazine rings is 1. The number of carbonyl (C=O) groups is 1. The number of rotatable bonds is 3. The highest BCUT2D eigenvalue weighted by Crippen LogP contribution is 2.35. The molecule has 0 spiro atoms. The van der Waals surface area contributed by atoms with Crippen molar-refractivity contribution in [1.82, 2.24) is 24.4 Å². The minimum absolute atomic E-state index is 0.0868. The van der Waals surface area contributed by atoms with E-state index in [1.807, 2.05) is 34.6 Å². The van der Waals surface area contributed by atoms with Crippen molar-refractivity contribution in [3.8, 4) is 5.82 Å². The third kappa shape index (κ3) is 4.87. The summed E-state index contributed by atoms with van der Waals surface area (Å²) in [6, 6.07) is 1.63. The summed E-state index contributed by atoms with van der Waals surface area (Å²) >= 11 is 0. The number of nitrogens with zero attached hydrogens (tertiary/aromatic N) is 6. The third-order valence-electron chi connectivity index (χ3n) is 6.02. The molecule has 4 rings (SSSR count). The van der Waals surface area contributed by atoms with E-state index in [1.165, 1.54) is 10.9 Å². The molecule has 11 heteroatoms. The lowest BCUT2D eigenvalue weighted by Crippen LogP contribution is -2.59. The van der Waals surface area contributed by atoms with Crippen LogP contribution in [0.4, 0.5) is 23.8 Å². The minimum Gasteiger partial charge on any atom is -0.444 e. The topological polar surface area (TPSA) is 76.4 Å². The first-order chi connectivity index (χ1) is 16.8. The molecule has 1 aliphatic rings. The van der Waals surface area contributed by atoms with Crippen molar-refractivity contribution in [2.24, 2.45) is 0 Å². The predicted octanol–water partition coefficient (Wildman–Crippen LogP) is 5.31. The number of ether oxygens (including phenoxy) is 1. The molecule has 0 aliphatic carbocycles. The molecule has 2 atom stereocenters. The third-order valence-corrected chi connectivity index (χ3v) is 6.02. The SMILES string of the molecule is C=Cc1cn(-c2cc(C(F)(F)F)ccn2)c2ncnc(N3C[C@@H](C)N(C(=O)OC(C)(C)C)C[C@@H]3C)c12. The van der Waals surface area contributed by atoms with Crippen LogP contribution in [0.15, 0.2) is 37.4 Å². The van der Waals surface area contributed by atoms with Crippen LogP contribution >= 0.6 is 0 Å². The van der Waals surface area contributed by atoms with Crippen LogP contribution < -0.4 is 4.90 Å². The normalized spacial score (nSPS) is 19.0. The maximum absolute atomic E-state index is 13.3. The maximum atomic E-state index is 13.3. The summed E-state index contributed by atoms with van der Waals surface area (Å²) < 4.78 is 47.0. The number of alkyl halides is 3. The van der Waals surface area contributed by atoms with E-state index in [0.29, 0.717) is 35.5 Å². The summed E-state index contributed by atoms with van der Waals surface area (Å²) in [7, 11) is 0. The van der Waals surface area contributed by atoms with Gasteiger partial charge in [-0.05, 0) is 46.8 Å². The Hall–Kier alpha value is -3.63. The second-order valence-corrected chi connectivity index (χ2v) is 9.94. The first-order valence-corrected chi connectivity index (χ1v) is 11.6. The highest BCUT2D eigenvalue weighted by atomic mass is 19.4. The van der Waals surface area contributed by atoms with Crippen molar-refractivity contribution < 1.29 is 22.7 Å². The molecule has 3 aromatic heterocycles. The van der Waals surface area contributed by atoms with Crippen molar-refractivity contribution in [3.05, 3.63) is 48.6 Å². The molecule has 3 aromatic rings. The number of amides is 1. The zero-order valence-corrected chi connectivity index (χ0v) is 20.9. The Morgan fingerprint density at radius 2 is 1.86 bits per heavy atom. The molecule has 0 bridgehead atoms. The Morgan fingerprint density at radius 1 is 1.14 bits per heavy atom. The lowest BCUT2D eigenvalue weighted by atomic mass is 10.1. The number of halogens is 3. The Bertz CT molecular complexity index is 1300. The first kappa shape index (κ1) is 25.5. The molecule has 1 aliphatic heterocycles. The molecule has 36 heavy (non-hydrogen) atoms. The summed E-state index contributed by atoms with van der Waals surface area (Å²) in [6.45, 7) is 14.2. The standard InChI is InChI=1S/C25H29F3N6O2/c1-7-17-13-34(19-10-18(8-9-29-19)25(26,27)28)22-20(17)21(30-14-31-22)32-11-16(3)33(12-15(32)2)23(35)36-24(4,5)6/h7-10,13-16H,1,11-12H2,2-6H3/t15-,16+/m0/s1. The number of hydrogen-bond donors (Lipinski definition) is 0. The number of hydrogen-bond acceptors (Lipinski definition) is 6. The highest BCUT2D eigenvalue weighted by molar-refractivity contribution is 5.96. The second-order valence-electron chi connectivity index (χ2n) is 9.94. The van der Waals surface area contributed by atoms with Gasteiger partial charge in [0.1, 0.15) is 23.6 Å². The summed E-state index contributed by atoms with van der Waals surface area (Å²) in [4.78, 5) is 29.6. The molecule has 4 heterocycles. The van der Waals surface area contributed by atoms with Gasteiger partial charge in [-0.3, -0.25) is 4.57 Å². The van der Waals surface area contributed by atoms with Gasteiger partial charge in [-0.15, -0.1) is 0 Å². The Labute approximate surface area is 207 Å². The second kappa shape index (κ2) is 9.11. The number of carbonyl (C=O) groups excluding carboxylic acids is 1. The van der Waals surface area contributed by atoms with Crippen LogP contribution in [-0.2, 0) is 10.9 Å². The first-order valence-electron chi connectivity index (χ1n) is 11.6. The summed E-state index contributed by atoms with van der Waals surface area (Å²) in [6.07, 6.45) is 0.906. The van der Waals surface area contributed by atoms with E-state index in [-0.39, 0.29) is 24.0 Å². The van der Waals surface area contributed by atoms with E-state index >= 15 is 0 Å². The van der Waals surface area contributed by atoms with Crippen LogP contribution in [0.1, 0.15) is 45.7 Å². The monoisotopic (exact) mass is 502 g/mol.